The Morgan fingerprint density at radius 2 is 2.05 bits per heavy atom. The highest BCUT2D eigenvalue weighted by atomic mass is 32.2. The van der Waals surface area contributed by atoms with Gasteiger partial charge in [0.25, 0.3) is 0 Å². The number of nitrogens with two attached hydrogens (primary N) is 1. The number of benzene rings is 1. The molecule has 0 spiro atoms. The van der Waals surface area contributed by atoms with E-state index < -0.39 is 0 Å². The summed E-state index contributed by atoms with van der Waals surface area (Å²) in [5, 5.41) is 19.3. The summed E-state index contributed by atoms with van der Waals surface area (Å²) in [6.07, 6.45) is 5.00. The van der Waals surface area contributed by atoms with Crippen LogP contribution in [0.15, 0.2) is 23.4 Å². The number of nitrogen functional groups attached to an aromatic ring is 1. The summed E-state index contributed by atoms with van der Waals surface area (Å²) in [7, 11) is 0. The molecule has 2 fully saturated rings. The van der Waals surface area contributed by atoms with E-state index in [1.165, 1.54) is 31.5 Å². The lowest BCUT2D eigenvalue weighted by atomic mass is 10.2. The molecule has 3 N–H and O–H groups in total. The molecule has 5 nitrogen and oxygen atoms in total. The third-order valence-electron chi connectivity index (χ3n) is 4.01. The van der Waals surface area contributed by atoms with Crippen LogP contribution in [0.25, 0.3) is 0 Å². The zero-order valence-corrected chi connectivity index (χ0v) is 12.5. The lowest BCUT2D eigenvalue weighted by Crippen LogP contribution is -2.02. The fraction of sp³-hybridized carbons (Fsp3) is 0.467. The SMILES string of the molecule is Nc1cc(CSc2nnc(C3CC3)n2C2CC2)ccc1O. The first-order valence-corrected chi connectivity index (χ1v) is 8.36. The van der Waals surface area contributed by atoms with E-state index in [1.807, 2.05) is 12.1 Å². The molecule has 21 heavy (non-hydrogen) atoms. The van der Waals surface area contributed by atoms with Crippen molar-refractivity contribution in [2.75, 3.05) is 5.73 Å². The van der Waals surface area contributed by atoms with Crippen molar-refractivity contribution in [2.45, 2.75) is 48.6 Å². The summed E-state index contributed by atoms with van der Waals surface area (Å²) in [5.74, 6) is 2.75. The van der Waals surface area contributed by atoms with Crippen molar-refractivity contribution in [1.29, 1.82) is 0 Å². The lowest BCUT2D eigenvalue weighted by molar-refractivity contribution is 0.478. The van der Waals surface area contributed by atoms with Gasteiger partial charge in [0.05, 0.1) is 5.69 Å². The van der Waals surface area contributed by atoms with E-state index in [9.17, 15) is 5.11 Å². The first-order valence-electron chi connectivity index (χ1n) is 7.37. The van der Waals surface area contributed by atoms with Crippen LogP contribution < -0.4 is 5.73 Å². The first-order chi connectivity index (χ1) is 10.2. The Bertz CT molecular complexity index is 676. The Morgan fingerprint density at radius 1 is 1.24 bits per heavy atom. The summed E-state index contributed by atoms with van der Waals surface area (Å²) >= 11 is 1.70. The van der Waals surface area contributed by atoms with Crippen LogP contribution in [0.2, 0.25) is 0 Å². The number of phenolic OH excluding ortho intramolecular Hbond substituents is 1. The van der Waals surface area contributed by atoms with E-state index in [-0.39, 0.29) is 5.75 Å². The Hall–Kier alpha value is -1.69. The van der Waals surface area contributed by atoms with Gasteiger partial charge in [0, 0.05) is 17.7 Å². The van der Waals surface area contributed by atoms with Gasteiger partial charge in [-0.1, -0.05) is 17.8 Å². The average Bonchev–Trinajstić information content (AvgIpc) is 3.39. The monoisotopic (exact) mass is 302 g/mol. The minimum absolute atomic E-state index is 0.140. The molecule has 0 saturated heterocycles. The second-order valence-corrected chi connectivity index (χ2v) is 6.84. The maximum absolute atomic E-state index is 9.47. The van der Waals surface area contributed by atoms with Crippen molar-refractivity contribution in [1.82, 2.24) is 14.8 Å². The highest BCUT2D eigenvalue weighted by Gasteiger charge is 2.36. The molecular weight excluding hydrogens is 284 g/mol. The minimum Gasteiger partial charge on any atom is -0.506 e. The number of aromatic hydroxyl groups is 1. The third-order valence-corrected chi connectivity index (χ3v) is 5.02. The van der Waals surface area contributed by atoms with Crippen molar-refractivity contribution >= 4 is 17.4 Å². The standard InChI is InChI=1S/C15H18N4OS/c16-12-7-9(1-6-13(12)20)8-21-15-18-17-14(10-2-3-10)19(15)11-4-5-11/h1,6-7,10-11,20H,2-5,8,16H2. The van der Waals surface area contributed by atoms with E-state index in [1.54, 1.807) is 17.8 Å². The van der Waals surface area contributed by atoms with Crippen LogP contribution in [0, 0.1) is 0 Å². The van der Waals surface area contributed by atoms with Gasteiger partial charge in [-0.3, -0.25) is 0 Å². The molecule has 2 aromatic rings. The molecule has 110 valence electrons. The van der Waals surface area contributed by atoms with E-state index >= 15 is 0 Å². The largest absolute Gasteiger partial charge is 0.506 e. The number of nitrogens with zero attached hydrogens (tertiary/aromatic N) is 3. The van der Waals surface area contributed by atoms with Crippen LogP contribution in [-0.4, -0.2) is 19.9 Å². The van der Waals surface area contributed by atoms with Gasteiger partial charge in [-0.25, -0.2) is 0 Å². The van der Waals surface area contributed by atoms with E-state index in [0.29, 0.717) is 17.6 Å². The predicted octanol–water partition coefficient (Wildman–Crippen LogP) is 3.07. The Kier molecular flexibility index (Phi) is 3.06. The summed E-state index contributed by atoms with van der Waals surface area (Å²) in [5.41, 5.74) is 7.26. The maximum atomic E-state index is 9.47. The van der Waals surface area contributed by atoms with Crippen molar-refractivity contribution < 1.29 is 5.11 Å². The molecule has 6 heteroatoms. The predicted molar refractivity (Wildman–Crippen MR) is 82.3 cm³/mol. The van der Waals surface area contributed by atoms with Crippen molar-refractivity contribution in [3.05, 3.63) is 29.6 Å². The van der Waals surface area contributed by atoms with Gasteiger partial charge in [-0.05, 0) is 43.4 Å². The molecule has 2 aliphatic carbocycles. The third kappa shape index (κ3) is 2.60. The van der Waals surface area contributed by atoms with Gasteiger partial charge in [-0.2, -0.15) is 0 Å². The minimum atomic E-state index is 0.140. The molecular formula is C15H18N4OS. The first kappa shape index (κ1) is 13.0. The number of thioether (sulfide) groups is 1. The number of rotatable bonds is 5. The molecule has 2 aliphatic rings. The summed E-state index contributed by atoms with van der Waals surface area (Å²) in [6, 6.07) is 5.98. The van der Waals surface area contributed by atoms with Crippen molar-refractivity contribution in [2.24, 2.45) is 0 Å². The zero-order valence-electron chi connectivity index (χ0n) is 11.7. The van der Waals surface area contributed by atoms with Crippen molar-refractivity contribution in [3.8, 4) is 5.75 Å². The van der Waals surface area contributed by atoms with E-state index in [2.05, 4.69) is 14.8 Å². The average molecular weight is 302 g/mol. The van der Waals surface area contributed by atoms with Gasteiger partial charge in [0.1, 0.15) is 11.6 Å². The van der Waals surface area contributed by atoms with Gasteiger partial charge >= 0.3 is 0 Å². The Labute approximate surface area is 127 Å². The van der Waals surface area contributed by atoms with Gasteiger partial charge in [-0.15, -0.1) is 10.2 Å². The zero-order chi connectivity index (χ0) is 14.4. The summed E-state index contributed by atoms with van der Waals surface area (Å²) in [6.45, 7) is 0. The highest BCUT2D eigenvalue weighted by Crippen LogP contribution is 2.46. The highest BCUT2D eigenvalue weighted by molar-refractivity contribution is 7.98. The van der Waals surface area contributed by atoms with Crippen molar-refractivity contribution in [3.63, 3.8) is 0 Å². The number of hydrogen-bond acceptors (Lipinski definition) is 5. The fourth-order valence-electron chi connectivity index (χ4n) is 2.52. The van der Waals surface area contributed by atoms with Gasteiger partial charge in [0.15, 0.2) is 5.16 Å². The summed E-state index contributed by atoms with van der Waals surface area (Å²) < 4.78 is 2.35. The van der Waals surface area contributed by atoms with E-state index in [4.69, 9.17) is 5.73 Å². The summed E-state index contributed by atoms with van der Waals surface area (Å²) in [4.78, 5) is 0. The van der Waals surface area contributed by atoms with Gasteiger partial charge in [0.2, 0.25) is 0 Å². The van der Waals surface area contributed by atoms with Gasteiger partial charge < -0.3 is 15.4 Å². The molecule has 1 aromatic carbocycles. The molecule has 0 unspecified atom stereocenters. The second-order valence-electron chi connectivity index (χ2n) is 5.90. The second kappa shape index (κ2) is 4.94. The number of anilines is 1. The molecule has 0 atom stereocenters. The lowest BCUT2D eigenvalue weighted by Gasteiger charge is -2.08. The number of aromatic nitrogens is 3. The molecule has 2 saturated carbocycles. The fourth-order valence-corrected chi connectivity index (χ4v) is 3.48. The molecule has 1 heterocycles. The Balaban J connectivity index is 1.53. The van der Waals surface area contributed by atoms with Crippen LogP contribution in [0.3, 0.4) is 0 Å². The van der Waals surface area contributed by atoms with Crippen LogP contribution in [-0.2, 0) is 5.75 Å². The van der Waals surface area contributed by atoms with Crippen LogP contribution in [0.4, 0.5) is 5.69 Å². The smallest absolute Gasteiger partial charge is 0.191 e. The molecule has 1 aromatic heterocycles. The quantitative estimate of drug-likeness (QED) is 0.504. The molecule has 0 radical (unpaired) electrons. The maximum Gasteiger partial charge on any atom is 0.191 e. The normalized spacial score (nSPS) is 18.1. The topological polar surface area (TPSA) is 77.0 Å². The molecule has 0 aliphatic heterocycles. The number of hydrogen-bond donors (Lipinski definition) is 2. The Morgan fingerprint density at radius 3 is 2.71 bits per heavy atom. The van der Waals surface area contributed by atoms with E-state index in [0.717, 1.165) is 16.5 Å². The van der Waals surface area contributed by atoms with Crippen LogP contribution in [0.1, 0.15) is 49.0 Å². The number of phenols is 1. The van der Waals surface area contributed by atoms with Crippen LogP contribution in [0.5, 0.6) is 5.75 Å². The molecule has 0 amide bonds. The molecule has 4 rings (SSSR count). The van der Waals surface area contributed by atoms with Crippen LogP contribution >= 0.6 is 11.8 Å². The molecule has 0 bridgehead atoms.